The molecular formula is C14H18N2O2. The number of carbonyl (C=O) groups is 2. The highest BCUT2D eigenvalue weighted by atomic mass is 16.1. The van der Waals surface area contributed by atoms with Crippen LogP contribution < -0.4 is 10.6 Å². The van der Waals surface area contributed by atoms with Gasteiger partial charge in [0.2, 0.25) is 5.91 Å². The quantitative estimate of drug-likeness (QED) is 0.826. The van der Waals surface area contributed by atoms with Crippen LogP contribution in [0.2, 0.25) is 0 Å². The normalized spacial score (nSPS) is 19.6. The fraction of sp³-hybridized carbons (Fsp3) is 0.429. The molecule has 1 atom stereocenters. The number of nitrogens with zero attached hydrogens (tertiary/aromatic N) is 1. The van der Waals surface area contributed by atoms with Gasteiger partial charge in [0.05, 0.1) is 0 Å². The predicted octanol–water partition coefficient (Wildman–Crippen LogP) is 1.73. The van der Waals surface area contributed by atoms with E-state index in [0.29, 0.717) is 5.56 Å². The Kier molecular flexibility index (Phi) is 3.65. The van der Waals surface area contributed by atoms with Crippen molar-refractivity contribution in [2.45, 2.75) is 32.2 Å². The van der Waals surface area contributed by atoms with Gasteiger partial charge in [-0.3, -0.25) is 9.59 Å². The van der Waals surface area contributed by atoms with E-state index >= 15 is 0 Å². The number of ketones is 1. The molecule has 1 unspecified atom stereocenters. The van der Waals surface area contributed by atoms with E-state index in [4.69, 9.17) is 5.73 Å². The van der Waals surface area contributed by atoms with Gasteiger partial charge in [-0.1, -0.05) is 0 Å². The zero-order valence-corrected chi connectivity index (χ0v) is 10.6. The average molecular weight is 246 g/mol. The summed E-state index contributed by atoms with van der Waals surface area (Å²) in [6.07, 6.45) is 2.91. The molecule has 4 heteroatoms. The highest BCUT2D eigenvalue weighted by Crippen LogP contribution is 2.25. The van der Waals surface area contributed by atoms with Gasteiger partial charge in [0.25, 0.3) is 0 Å². The topological polar surface area (TPSA) is 63.4 Å². The monoisotopic (exact) mass is 246 g/mol. The molecule has 1 aliphatic rings. The van der Waals surface area contributed by atoms with Crippen LogP contribution in [0.3, 0.4) is 0 Å². The summed E-state index contributed by atoms with van der Waals surface area (Å²) < 4.78 is 0. The minimum atomic E-state index is -0.273. The maximum absolute atomic E-state index is 11.4. The van der Waals surface area contributed by atoms with E-state index in [1.165, 1.54) is 0 Å². The van der Waals surface area contributed by atoms with Gasteiger partial charge >= 0.3 is 0 Å². The fourth-order valence-electron chi connectivity index (χ4n) is 2.42. The van der Waals surface area contributed by atoms with Crippen LogP contribution in [0.15, 0.2) is 24.3 Å². The molecule has 2 rings (SSSR count). The van der Waals surface area contributed by atoms with E-state index in [2.05, 4.69) is 0 Å². The van der Waals surface area contributed by atoms with E-state index in [0.717, 1.165) is 31.5 Å². The Hall–Kier alpha value is -1.84. The molecule has 0 aliphatic carbocycles. The van der Waals surface area contributed by atoms with Gasteiger partial charge < -0.3 is 10.6 Å². The Labute approximate surface area is 107 Å². The van der Waals surface area contributed by atoms with Crippen LogP contribution in [0, 0.1) is 0 Å². The minimum absolute atomic E-state index is 0.0478. The number of benzene rings is 1. The van der Waals surface area contributed by atoms with Gasteiger partial charge in [0, 0.05) is 17.8 Å². The Morgan fingerprint density at radius 1 is 1.22 bits per heavy atom. The molecule has 1 aliphatic heterocycles. The van der Waals surface area contributed by atoms with Crippen LogP contribution in [0.1, 0.15) is 36.5 Å². The number of hydrogen-bond acceptors (Lipinski definition) is 3. The third-order valence-corrected chi connectivity index (χ3v) is 3.44. The van der Waals surface area contributed by atoms with Gasteiger partial charge in [0.15, 0.2) is 5.78 Å². The zero-order valence-electron chi connectivity index (χ0n) is 10.6. The lowest BCUT2D eigenvalue weighted by atomic mass is 10.00. The summed E-state index contributed by atoms with van der Waals surface area (Å²) in [5.41, 5.74) is 7.09. The first-order valence-corrected chi connectivity index (χ1v) is 6.26. The molecule has 0 saturated carbocycles. The zero-order chi connectivity index (χ0) is 13.1. The Morgan fingerprint density at radius 2 is 1.89 bits per heavy atom. The third kappa shape index (κ3) is 2.53. The van der Waals surface area contributed by atoms with Crippen molar-refractivity contribution in [3.05, 3.63) is 29.8 Å². The second-order valence-electron chi connectivity index (χ2n) is 4.71. The lowest BCUT2D eigenvalue weighted by Crippen LogP contribution is -2.47. The lowest BCUT2D eigenvalue weighted by Gasteiger charge is -2.35. The van der Waals surface area contributed by atoms with Gasteiger partial charge in [-0.2, -0.15) is 0 Å². The second-order valence-corrected chi connectivity index (χ2v) is 4.71. The Morgan fingerprint density at radius 3 is 2.44 bits per heavy atom. The van der Waals surface area contributed by atoms with Gasteiger partial charge in [-0.25, -0.2) is 0 Å². The third-order valence-electron chi connectivity index (χ3n) is 3.44. The van der Waals surface area contributed by atoms with E-state index in [1.54, 1.807) is 19.1 Å². The van der Waals surface area contributed by atoms with Crippen LogP contribution in [-0.4, -0.2) is 24.3 Å². The number of nitrogens with two attached hydrogens (primary N) is 1. The fourth-order valence-corrected chi connectivity index (χ4v) is 2.42. The first-order chi connectivity index (χ1) is 8.59. The maximum Gasteiger partial charge on any atom is 0.240 e. The number of rotatable bonds is 3. The maximum atomic E-state index is 11.4. The van der Waals surface area contributed by atoms with Gasteiger partial charge in [0.1, 0.15) is 6.04 Å². The summed E-state index contributed by atoms with van der Waals surface area (Å²) in [5.74, 6) is -0.225. The SMILES string of the molecule is CC(=O)c1ccc(N2CCCCC2C(N)=O)cc1. The number of amides is 1. The van der Waals surface area contributed by atoms with Crippen molar-refractivity contribution in [2.24, 2.45) is 5.73 Å². The Bertz CT molecular complexity index is 453. The molecule has 1 aromatic rings. The highest BCUT2D eigenvalue weighted by molar-refractivity contribution is 5.94. The van der Waals surface area contributed by atoms with Crippen LogP contribution in [0.4, 0.5) is 5.69 Å². The van der Waals surface area contributed by atoms with E-state index in [9.17, 15) is 9.59 Å². The van der Waals surface area contributed by atoms with Crippen molar-refractivity contribution < 1.29 is 9.59 Å². The van der Waals surface area contributed by atoms with E-state index in [1.807, 2.05) is 17.0 Å². The summed E-state index contributed by atoms with van der Waals surface area (Å²) in [5, 5.41) is 0. The molecule has 2 N–H and O–H groups in total. The molecule has 0 aromatic heterocycles. The van der Waals surface area contributed by atoms with Crippen molar-refractivity contribution in [1.82, 2.24) is 0 Å². The van der Waals surface area contributed by atoms with Crippen LogP contribution in [-0.2, 0) is 4.79 Å². The summed E-state index contributed by atoms with van der Waals surface area (Å²) in [6.45, 7) is 2.38. The number of carbonyl (C=O) groups excluding carboxylic acids is 2. The molecule has 18 heavy (non-hydrogen) atoms. The number of Topliss-reactive ketones (excluding diaryl/α,β-unsaturated/α-hetero) is 1. The predicted molar refractivity (Wildman–Crippen MR) is 70.6 cm³/mol. The van der Waals surface area contributed by atoms with Crippen molar-refractivity contribution in [1.29, 1.82) is 0 Å². The first kappa shape index (κ1) is 12.6. The van der Waals surface area contributed by atoms with Crippen LogP contribution in [0.25, 0.3) is 0 Å². The lowest BCUT2D eigenvalue weighted by molar-refractivity contribution is -0.119. The molecule has 0 bridgehead atoms. The van der Waals surface area contributed by atoms with Crippen molar-refractivity contribution in [2.75, 3.05) is 11.4 Å². The van der Waals surface area contributed by atoms with E-state index < -0.39 is 0 Å². The number of hydrogen-bond donors (Lipinski definition) is 1. The van der Waals surface area contributed by atoms with E-state index in [-0.39, 0.29) is 17.7 Å². The second kappa shape index (κ2) is 5.21. The summed E-state index contributed by atoms with van der Waals surface area (Å²) in [4.78, 5) is 24.7. The van der Waals surface area contributed by atoms with Crippen LogP contribution in [0.5, 0.6) is 0 Å². The molecule has 1 saturated heterocycles. The standard InChI is InChI=1S/C14H18N2O2/c1-10(17)11-5-7-12(8-6-11)16-9-3-2-4-13(16)14(15)18/h5-8,13H,2-4,9H2,1H3,(H2,15,18). The molecular weight excluding hydrogens is 228 g/mol. The molecule has 4 nitrogen and oxygen atoms in total. The molecule has 1 aromatic carbocycles. The summed E-state index contributed by atoms with van der Waals surface area (Å²) in [6, 6.07) is 7.15. The molecule has 1 amide bonds. The smallest absolute Gasteiger partial charge is 0.240 e. The van der Waals surface area contributed by atoms with Crippen molar-refractivity contribution in [3.63, 3.8) is 0 Å². The summed E-state index contributed by atoms with van der Waals surface area (Å²) >= 11 is 0. The first-order valence-electron chi connectivity index (χ1n) is 6.26. The molecule has 0 radical (unpaired) electrons. The molecule has 1 heterocycles. The Balaban J connectivity index is 2.23. The van der Waals surface area contributed by atoms with Gasteiger partial charge in [-0.15, -0.1) is 0 Å². The molecule has 96 valence electrons. The van der Waals surface area contributed by atoms with Crippen molar-refractivity contribution >= 4 is 17.4 Å². The number of anilines is 1. The number of piperidine rings is 1. The minimum Gasteiger partial charge on any atom is -0.368 e. The van der Waals surface area contributed by atoms with Crippen molar-refractivity contribution in [3.8, 4) is 0 Å². The largest absolute Gasteiger partial charge is 0.368 e. The number of primary amides is 1. The van der Waals surface area contributed by atoms with Crippen LogP contribution >= 0.6 is 0 Å². The molecule has 1 fully saturated rings. The highest BCUT2D eigenvalue weighted by Gasteiger charge is 2.26. The average Bonchev–Trinajstić information content (AvgIpc) is 2.39. The molecule has 0 spiro atoms. The summed E-state index contributed by atoms with van der Waals surface area (Å²) in [7, 11) is 0. The van der Waals surface area contributed by atoms with Gasteiger partial charge in [-0.05, 0) is 50.5 Å².